The molecule has 1 aromatic rings. The highest BCUT2D eigenvalue weighted by atomic mass is 32.2. The lowest BCUT2D eigenvalue weighted by atomic mass is 10.3. The summed E-state index contributed by atoms with van der Waals surface area (Å²) in [6, 6.07) is 0. The van der Waals surface area contributed by atoms with Gasteiger partial charge in [-0.1, -0.05) is 11.4 Å². The zero-order chi connectivity index (χ0) is 17.0. The number of hydrogen-bond acceptors (Lipinski definition) is 8. The van der Waals surface area contributed by atoms with Crippen molar-refractivity contribution < 1.29 is 22.7 Å². The predicted octanol–water partition coefficient (Wildman–Crippen LogP) is -0.639. The highest BCUT2D eigenvalue weighted by Gasteiger charge is 2.27. The molecule has 0 spiro atoms. The van der Waals surface area contributed by atoms with Gasteiger partial charge < -0.3 is 9.64 Å². The molecule has 0 aliphatic carbocycles. The van der Waals surface area contributed by atoms with Crippen LogP contribution in [0.1, 0.15) is 22.3 Å². The van der Waals surface area contributed by atoms with Gasteiger partial charge in [-0.05, 0) is 18.0 Å². The number of carbonyl (C=O) groups excluding carboxylic acids is 2. The van der Waals surface area contributed by atoms with Crippen LogP contribution in [0.25, 0.3) is 0 Å². The van der Waals surface area contributed by atoms with Crippen LogP contribution in [0.4, 0.5) is 0 Å². The number of nitrogens with zero attached hydrogens (tertiary/aromatic N) is 4. The van der Waals surface area contributed by atoms with Crippen molar-refractivity contribution in [2.75, 3.05) is 39.0 Å². The summed E-state index contributed by atoms with van der Waals surface area (Å²) in [5, 5.41) is 3.81. The molecule has 128 valence electrons. The highest BCUT2D eigenvalue weighted by Crippen LogP contribution is 2.13. The molecule has 2 rings (SSSR count). The van der Waals surface area contributed by atoms with E-state index >= 15 is 0 Å². The lowest BCUT2D eigenvalue weighted by molar-refractivity contribution is -0.135. The third kappa shape index (κ3) is 4.45. The van der Waals surface area contributed by atoms with Crippen molar-refractivity contribution in [3.63, 3.8) is 0 Å². The topological polar surface area (TPSA) is 110 Å². The Bertz CT molecular complexity index is 679. The fourth-order valence-electron chi connectivity index (χ4n) is 2.15. The lowest BCUT2D eigenvalue weighted by Crippen LogP contribution is -2.51. The first-order chi connectivity index (χ1) is 10.8. The minimum atomic E-state index is -3.24. The number of carbonyl (C=O) groups is 2. The summed E-state index contributed by atoms with van der Waals surface area (Å²) in [6.45, 7) is 2.53. The fourth-order valence-corrected chi connectivity index (χ4v) is 3.62. The van der Waals surface area contributed by atoms with Crippen LogP contribution in [0.15, 0.2) is 0 Å². The molecule has 0 unspecified atom stereocenters. The lowest BCUT2D eigenvalue weighted by Gasteiger charge is -2.33. The molecule has 0 aromatic carbocycles. The average Bonchev–Trinajstić information content (AvgIpc) is 3.00. The van der Waals surface area contributed by atoms with Crippen molar-refractivity contribution >= 4 is 33.4 Å². The zero-order valence-electron chi connectivity index (χ0n) is 12.9. The van der Waals surface area contributed by atoms with Gasteiger partial charge in [-0.3, -0.25) is 4.79 Å². The van der Waals surface area contributed by atoms with Crippen LogP contribution in [0.3, 0.4) is 0 Å². The Morgan fingerprint density at radius 1 is 1.26 bits per heavy atom. The number of amides is 1. The molecule has 9 nitrogen and oxygen atoms in total. The van der Waals surface area contributed by atoms with Crippen molar-refractivity contribution in [3.8, 4) is 0 Å². The number of esters is 1. The van der Waals surface area contributed by atoms with Crippen LogP contribution in [0, 0.1) is 0 Å². The normalized spacial score (nSPS) is 16.3. The maximum absolute atomic E-state index is 12.0. The van der Waals surface area contributed by atoms with Crippen LogP contribution in [0.5, 0.6) is 0 Å². The van der Waals surface area contributed by atoms with Crippen molar-refractivity contribution in [2.24, 2.45) is 0 Å². The molecular weight excluding hydrogens is 344 g/mol. The number of aromatic nitrogens is 2. The summed E-state index contributed by atoms with van der Waals surface area (Å²) in [7, 11) is -3.24. The van der Waals surface area contributed by atoms with Crippen molar-refractivity contribution in [1.82, 2.24) is 18.8 Å². The molecule has 1 fully saturated rings. The average molecular weight is 362 g/mol. The van der Waals surface area contributed by atoms with Crippen LogP contribution >= 0.6 is 11.5 Å². The summed E-state index contributed by atoms with van der Waals surface area (Å²) in [5.74, 6) is -0.956. The maximum atomic E-state index is 12.0. The first-order valence-electron chi connectivity index (χ1n) is 7.04. The Hall–Kier alpha value is -1.59. The third-order valence-electron chi connectivity index (χ3n) is 3.46. The van der Waals surface area contributed by atoms with Gasteiger partial charge in [0.1, 0.15) is 0 Å². The van der Waals surface area contributed by atoms with E-state index in [2.05, 4.69) is 9.59 Å². The van der Waals surface area contributed by atoms with E-state index in [0.29, 0.717) is 17.0 Å². The van der Waals surface area contributed by atoms with E-state index in [9.17, 15) is 18.0 Å². The fraction of sp³-hybridized carbons (Fsp3) is 0.667. The molecule has 0 atom stereocenters. The van der Waals surface area contributed by atoms with E-state index in [-0.39, 0.29) is 38.7 Å². The molecule has 1 amide bonds. The molecule has 0 saturated carbocycles. The summed E-state index contributed by atoms with van der Waals surface area (Å²) in [6.07, 6.45) is 1.70. The maximum Gasteiger partial charge on any atom is 0.352 e. The Balaban J connectivity index is 1.83. The monoisotopic (exact) mass is 362 g/mol. The second kappa shape index (κ2) is 7.32. The number of piperazine rings is 1. The molecule has 1 aliphatic heterocycles. The Morgan fingerprint density at radius 2 is 1.91 bits per heavy atom. The van der Waals surface area contributed by atoms with Gasteiger partial charge in [0.25, 0.3) is 5.91 Å². The van der Waals surface area contributed by atoms with Crippen LogP contribution in [-0.4, -0.2) is 78.1 Å². The van der Waals surface area contributed by atoms with Gasteiger partial charge in [-0.25, -0.2) is 13.2 Å². The van der Waals surface area contributed by atoms with Gasteiger partial charge in [0.05, 0.1) is 11.9 Å². The number of rotatable bonds is 5. The molecule has 0 N–H and O–H groups in total. The Labute approximate surface area is 138 Å². The van der Waals surface area contributed by atoms with E-state index < -0.39 is 16.0 Å². The molecule has 2 heterocycles. The summed E-state index contributed by atoms with van der Waals surface area (Å²) in [5.41, 5.74) is 0.550. The predicted molar refractivity (Wildman–Crippen MR) is 82.6 cm³/mol. The van der Waals surface area contributed by atoms with Crippen molar-refractivity contribution in [2.45, 2.75) is 13.3 Å². The minimum Gasteiger partial charge on any atom is -0.451 e. The molecule has 1 saturated heterocycles. The minimum absolute atomic E-state index is 0.247. The van der Waals surface area contributed by atoms with Crippen LogP contribution in [0.2, 0.25) is 0 Å². The molecule has 23 heavy (non-hydrogen) atoms. The first kappa shape index (κ1) is 17.8. The zero-order valence-corrected chi connectivity index (χ0v) is 14.5. The number of aryl methyl sites for hydroxylation is 1. The Kier molecular flexibility index (Phi) is 5.65. The van der Waals surface area contributed by atoms with Gasteiger partial charge in [0.2, 0.25) is 10.0 Å². The van der Waals surface area contributed by atoms with Crippen molar-refractivity contribution in [1.29, 1.82) is 0 Å². The largest absolute Gasteiger partial charge is 0.451 e. The molecule has 11 heteroatoms. The summed E-state index contributed by atoms with van der Waals surface area (Å²) >= 11 is 0.939. The molecular formula is C12H18N4O5S2. The molecule has 0 bridgehead atoms. The molecule has 1 aliphatic rings. The summed E-state index contributed by atoms with van der Waals surface area (Å²) in [4.78, 5) is 25.7. The van der Waals surface area contributed by atoms with Gasteiger partial charge in [0, 0.05) is 26.2 Å². The van der Waals surface area contributed by atoms with Crippen LogP contribution in [-0.2, 0) is 26.0 Å². The van der Waals surface area contributed by atoms with Crippen molar-refractivity contribution in [3.05, 3.63) is 10.6 Å². The summed E-state index contributed by atoms with van der Waals surface area (Å²) < 4.78 is 32.8. The van der Waals surface area contributed by atoms with E-state index in [4.69, 9.17) is 4.74 Å². The second-order valence-corrected chi connectivity index (χ2v) is 7.76. The Morgan fingerprint density at radius 3 is 2.48 bits per heavy atom. The number of ether oxygens (including phenoxy) is 1. The highest BCUT2D eigenvalue weighted by molar-refractivity contribution is 7.88. The van der Waals surface area contributed by atoms with Gasteiger partial charge >= 0.3 is 5.97 Å². The van der Waals surface area contributed by atoms with E-state index in [1.54, 1.807) is 0 Å². The van der Waals surface area contributed by atoms with Crippen LogP contribution < -0.4 is 0 Å². The molecule has 1 aromatic heterocycles. The number of hydrogen-bond donors (Lipinski definition) is 0. The van der Waals surface area contributed by atoms with E-state index in [1.807, 2.05) is 6.92 Å². The standard InChI is InChI=1S/C12H18N4O5S2/c1-3-9-11(22-14-13-9)12(18)21-8-10(17)15-4-6-16(7-5-15)23(2,19)20/h3-8H2,1-2H3. The second-order valence-electron chi connectivity index (χ2n) is 5.02. The SMILES string of the molecule is CCc1nnsc1C(=O)OCC(=O)N1CCN(S(C)(=O)=O)CC1. The van der Waals surface area contributed by atoms with Gasteiger partial charge in [0.15, 0.2) is 11.5 Å². The number of sulfonamides is 1. The van der Waals surface area contributed by atoms with E-state index in [1.165, 1.54) is 9.21 Å². The van der Waals surface area contributed by atoms with E-state index in [0.717, 1.165) is 17.8 Å². The molecule has 0 radical (unpaired) electrons. The first-order valence-corrected chi connectivity index (χ1v) is 9.66. The quantitative estimate of drug-likeness (QED) is 0.641. The van der Waals surface area contributed by atoms with Gasteiger partial charge in [-0.15, -0.1) is 5.10 Å². The van der Waals surface area contributed by atoms with Gasteiger partial charge in [-0.2, -0.15) is 4.31 Å². The third-order valence-corrected chi connectivity index (χ3v) is 5.51. The smallest absolute Gasteiger partial charge is 0.352 e.